The average molecular weight is 286 g/mol. The van der Waals surface area contributed by atoms with Crippen LogP contribution in [0.4, 0.5) is 0 Å². The molecule has 3 aromatic heterocycles. The van der Waals surface area contributed by atoms with Crippen molar-refractivity contribution in [3.8, 4) is 0 Å². The lowest BCUT2D eigenvalue weighted by Crippen LogP contribution is -2.14. The highest BCUT2D eigenvalue weighted by molar-refractivity contribution is 7.99. The Morgan fingerprint density at radius 1 is 1.20 bits per heavy atom. The Bertz CT molecular complexity index is 784. The summed E-state index contributed by atoms with van der Waals surface area (Å²) in [7, 11) is 0. The van der Waals surface area contributed by atoms with Gasteiger partial charge in [-0.2, -0.15) is 0 Å². The molecule has 0 aliphatic rings. The van der Waals surface area contributed by atoms with E-state index < -0.39 is 0 Å². The first-order valence-corrected chi connectivity index (χ1v) is 6.52. The summed E-state index contributed by atoms with van der Waals surface area (Å²) in [6, 6.07) is 10.9. The number of amidine groups is 1. The van der Waals surface area contributed by atoms with Crippen molar-refractivity contribution in [2.24, 2.45) is 10.9 Å². The molecule has 0 bridgehead atoms. The number of rotatable bonds is 3. The summed E-state index contributed by atoms with van der Waals surface area (Å²) >= 11 is 1.35. The van der Waals surface area contributed by atoms with E-state index in [1.807, 2.05) is 34.9 Å². The summed E-state index contributed by atoms with van der Waals surface area (Å²) in [6.07, 6.45) is 1.88. The van der Waals surface area contributed by atoms with Gasteiger partial charge in [0, 0.05) is 6.20 Å². The van der Waals surface area contributed by atoms with Crippen molar-refractivity contribution in [3.05, 3.63) is 48.3 Å². The number of oxime groups is 1. The number of hydrogen-bond donors (Lipinski definition) is 2. The van der Waals surface area contributed by atoms with Gasteiger partial charge in [-0.15, -0.1) is 10.2 Å². The molecule has 0 aromatic carbocycles. The van der Waals surface area contributed by atoms with E-state index in [-0.39, 0.29) is 5.84 Å². The summed E-state index contributed by atoms with van der Waals surface area (Å²) in [4.78, 5) is 4.29. The number of nitrogens with zero attached hydrogens (tertiary/aromatic N) is 5. The van der Waals surface area contributed by atoms with Gasteiger partial charge >= 0.3 is 0 Å². The number of fused-ring (bicyclic) bond motifs is 1. The SMILES string of the molecule is NC(=NO)c1cccc(Sc2nnc3ccccn23)n1. The van der Waals surface area contributed by atoms with Crippen LogP contribution in [0.25, 0.3) is 5.65 Å². The third-order valence-corrected chi connectivity index (χ3v) is 3.47. The molecule has 0 amide bonds. The van der Waals surface area contributed by atoms with Crippen LogP contribution in [0.2, 0.25) is 0 Å². The predicted molar refractivity (Wildman–Crippen MR) is 73.9 cm³/mol. The second-order valence-corrected chi connectivity index (χ2v) is 4.85. The van der Waals surface area contributed by atoms with E-state index in [1.165, 1.54) is 11.8 Å². The summed E-state index contributed by atoms with van der Waals surface area (Å²) < 4.78 is 1.86. The van der Waals surface area contributed by atoms with Crippen molar-refractivity contribution in [1.29, 1.82) is 0 Å². The van der Waals surface area contributed by atoms with Crippen molar-refractivity contribution in [2.75, 3.05) is 0 Å². The number of hydrogen-bond acceptors (Lipinski definition) is 6. The van der Waals surface area contributed by atoms with Gasteiger partial charge in [0.25, 0.3) is 0 Å². The molecule has 0 unspecified atom stereocenters. The molecule has 3 rings (SSSR count). The Labute approximate surface area is 118 Å². The molecule has 7 nitrogen and oxygen atoms in total. The minimum absolute atomic E-state index is 0.0291. The molecular weight excluding hydrogens is 276 g/mol. The van der Waals surface area contributed by atoms with Crippen LogP contribution in [0.5, 0.6) is 0 Å². The summed E-state index contributed by atoms with van der Waals surface area (Å²) in [5, 5.41) is 21.2. The van der Waals surface area contributed by atoms with Crippen molar-refractivity contribution in [2.45, 2.75) is 10.2 Å². The standard InChI is InChI=1S/C12H10N6OS/c13-11(17-19)8-4-3-6-10(14-8)20-12-16-15-9-5-1-2-7-18(9)12/h1-7,19H,(H2,13,17). The highest BCUT2D eigenvalue weighted by Gasteiger charge is 2.09. The van der Waals surface area contributed by atoms with Crippen LogP contribution in [0.1, 0.15) is 5.69 Å². The van der Waals surface area contributed by atoms with Gasteiger partial charge in [0.1, 0.15) is 10.7 Å². The van der Waals surface area contributed by atoms with Crippen molar-refractivity contribution in [3.63, 3.8) is 0 Å². The van der Waals surface area contributed by atoms with E-state index in [2.05, 4.69) is 20.3 Å². The molecular formula is C12H10N6OS. The molecule has 0 aliphatic carbocycles. The average Bonchev–Trinajstić information content (AvgIpc) is 2.90. The predicted octanol–water partition coefficient (Wildman–Crippen LogP) is 1.37. The Balaban J connectivity index is 1.95. The molecule has 3 N–H and O–H groups in total. The van der Waals surface area contributed by atoms with Gasteiger partial charge in [-0.25, -0.2) is 4.98 Å². The monoisotopic (exact) mass is 286 g/mol. The molecule has 0 fully saturated rings. The van der Waals surface area contributed by atoms with E-state index in [4.69, 9.17) is 10.9 Å². The van der Waals surface area contributed by atoms with E-state index in [0.29, 0.717) is 15.9 Å². The maximum atomic E-state index is 8.67. The summed E-state index contributed by atoms with van der Waals surface area (Å²) in [6.45, 7) is 0. The third kappa shape index (κ3) is 2.28. The van der Waals surface area contributed by atoms with Crippen LogP contribution in [0, 0.1) is 0 Å². The van der Waals surface area contributed by atoms with E-state index in [1.54, 1.807) is 12.1 Å². The molecule has 20 heavy (non-hydrogen) atoms. The van der Waals surface area contributed by atoms with Gasteiger partial charge in [0.2, 0.25) is 5.16 Å². The highest BCUT2D eigenvalue weighted by atomic mass is 32.2. The zero-order valence-electron chi connectivity index (χ0n) is 10.2. The van der Waals surface area contributed by atoms with Crippen molar-refractivity contribution >= 4 is 23.2 Å². The second kappa shape index (κ2) is 5.17. The largest absolute Gasteiger partial charge is 0.409 e. The lowest BCUT2D eigenvalue weighted by molar-refractivity contribution is 0.318. The Morgan fingerprint density at radius 3 is 2.95 bits per heavy atom. The van der Waals surface area contributed by atoms with Crippen LogP contribution in [-0.4, -0.2) is 30.6 Å². The molecule has 100 valence electrons. The van der Waals surface area contributed by atoms with Gasteiger partial charge in [-0.1, -0.05) is 17.3 Å². The highest BCUT2D eigenvalue weighted by Crippen LogP contribution is 2.24. The Morgan fingerprint density at radius 2 is 2.10 bits per heavy atom. The van der Waals surface area contributed by atoms with Gasteiger partial charge in [0.15, 0.2) is 11.5 Å². The molecule has 0 saturated heterocycles. The van der Waals surface area contributed by atoms with E-state index >= 15 is 0 Å². The molecule has 8 heteroatoms. The van der Waals surface area contributed by atoms with Crippen LogP contribution < -0.4 is 5.73 Å². The normalized spacial score (nSPS) is 11.9. The molecule has 0 spiro atoms. The Kier molecular flexibility index (Phi) is 3.21. The minimum atomic E-state index is -0.0291. The van der Waals surface area contributed by atoms with Crippen molar-refractivity contribution in [1.82, 2.24) is 19.6 Å². The molecule has 3 aromatic rings. The number of pyridine rings is 2. The second-order valence-electron chi connectivity index (χ2n) is 3.86. The first kappa shape index (κ1) is 12.4. The van der Waals surface area contributed by atoms with Crippen LogP contribution in [-0.2, 0) is 0 Å². The zero-order valence-corrected chi connectivity index (χ0v) is 11.0. The van der Waals surface area contributed by atoms with Crippen molar-refractivity contribution < 1.29 is 5.21 Å². The Hall–Kier alpha value is -2.61. The number of nitrogens with two attached hydrogens (primary N) is 1. The maximum Gasteiger partial charge on any atom is 0.201 e. The lowest BCUT2D eigenvalue weighted by atomic mass is 10.3. The van der Waals surface area contributed by atoms with Gasteiger partial charge in [-0.3, -0.25) is 4.40 Å². The lowest BCUT2D eigenvalue weighted by Gasteiger charge is -2.02. The van der Waals surface area contributed by atoms with Crippen LogP contribution in [0.15, 0.2) is 57.9 Å². The van der Waals surface area contributed by atoms with E-state index in [9.17, 15) is 0 Å². The van der Waals surface area contributed by atoms with Gasteiger partial charge < -0.3 is 10.9 Å². The first-order valence-electron chi connectivity index (χ1n) is 5.70. The summed E-state index contributed by atoms with van der Waals surface area (Å²) in [5.41, 5.74) is 6.70. The molecule has 0 saturated carbocycles. The first-order chi connectivity index (χ1) is 9.78. The fourth-order valence-electron chi connectivity index (χ4n) is 1.65. The minimum Gasteiger partial charge on any atom is -0.409 e. The smallest absolute Gasteiger partial charge is 0.201 e. The summed E-state index contributed by atoms with van der Waals surface area (Å²) in [5.74, 6) is -0.0291. The fraction of sp³-hybridized carbons (Fsp3) is 0. The van der Waals surface area contributed by atoms with Crippen LogP contribution >= 0.6 is 11.8 Å². The quantitative estimate of drug-likeness (QED) is 0.326. The molecule has 0 radical (unpaired) electrons. The molecule has 3 heterocycles. The fourth-order valence-corrected chi connectivity index (χ4v) is 2.46. The third-order valence-electron chi connectivity index (χ3n) is 2.57. The van der Waals surface area contributed by atoms with Gasteiger partial charge in [0.05, 0.1) is 0 Å². The topological polar surface area (TPSA) is 102 Å². The maximum absolute atomic E-state index is 8.67. The van der Waals surface area contributed by atoms with Crippen LogP contribution in [0.3, 0.4) is 0 Å². The molecule has 0 atom stereocenters. The van der Waals surface area contributed by atoms with Gasteiger partial charge in [-0.05, 0) is 36.0 Å². The zero-order chi connectivity index (χ0) is 13.9. The number of aromatic nitrogens is 4. The molecule has 0 aliphatic heterocycles. The van der Waals surface area contributed by atoms with E-state index in [0.717, 1.165) is 5.65 Å².